The van der Waals surface area contributed by atoms with Crippen molar-refractivity contribution in [2.45, 2.75) is 63.7 Å². The molecule has 1 fully saturated rings. The molecule has 0 bridgehead atoms. The number of hydrogen-bond donors (Lipinski definition) is 0. The number of thioether (sulfide) groups is 1. The molecular weight excluding hydrogens is 460 g/mol. The van der Waals surface area contributed by atoms with Crippen molar-refractivity contribution in [3.63, 3.8) is 0 Å². The minimum atomic E-state index is 0.241. The molecule has 4 nitrogen and oxygen atoms in total. The zero-order valence-corrected chi connectivity index (χ0v) is 22.7. The number of rotatable bonds is 6. The SMILES string of the molecule is C=CSC(C)CCC1=CCC(C)N=C2C(N3CCN(C)CC3)=CCC(C)c3ccc(Cl)cc3N12. The third-order valence-corrected chi connectivity index (χ3v) is 8.30. The lowest BCUT2D eigenvalue weighted by Gasteiger charge is -2.41. The van der Waals surface area contributed by atoms with Gasteiger partial charge in [-0.15, -0.1) is 11.8 Å². The van der Waals surface area contributed by atoms with Crippen molar-refractivity contribution in [3.05, 3.63) is 64.3 Å². The minimum absolute atomic E-state index is 0.241. The van der Waals surface area contributed by atoms with Crippen molar-refractivity contribution in [3.8, 4) is 0 Å². The highest BCUT2D eigenvalue weighted by Gasteiger charge is 2.32. The fourth-order valence-corrected chi connectivity index (χ4v) is 5.80. The third-order valence-electron chi connectivity index (χ3n) is 7.17. The zero-order chi connectivity index (χ0) is 24.2. The van der Waals surface area contributed by atoms with Gasteiger partial charge in [-0.1, -0.05) is 50.2 Å². The van der Waals surface area contributed by atoms with E-state index in [1.54, 1.807) is 0 Å². The van der Waals surface area contributed by atoms with E-state index in [0.717, 1.165) is 62.7 Å². The lowest BCUT2D eigenvalue weighted by atomic mass is 9.92. The fourth-order valence-electron chi connectivity index (χ4n) is 5.05. The van der Waals surface area contributed by atoms with E-state index in [9.17, 15) is 0 Å². The summed E-state index contributed by atoms with van der Waals surface area (Å²) in [6.07, 6.45) is 8.93. The number of likely N-dealkylation sites (N-methyl/N-ethyl adjacent to an activating group) is 1. The van der Waals surface area contributed by atoms with Crippen molar-refractivity contribution < 1.29 is 0 Å². The van der Waals surface area contributed by atoms with Crippen LogP contribution < -0.4 is 4.90 Å². The largest absolute Gasteiger partial charge is 0.366 e. The van der Waals surface area contributed by atoms with Gasteiger partial charge in [0.15, 0.2) is 5.84 Å². The molecule has 3 unspecified atom stereocenters. The van der Waals surface area contributed by atoms with Crippen LogP contribution in [-0.4, -0.2) is 60.2 Å². The van der Waals surface area contributed by atoms with E-state index in [2.05, 4.69) is 73.4 Å². The second kappa shape index (κ2) is 11.4. The van der Waals surface area contributed by atoms with Crippen LogP contribution in [0, 0.1) is 0 Å². The smallest absolute Gasteiger partial charge is 0.156 e. The van der Waals surface area contributed by atoms with Crippen LogP contribution in [0.3, 0.4) is 0 Å². The lowest BCUT2D eigenvalue weighted by Crippen LogP contribution is -2.48. The highest BCUT2D eigenvalue weighted by atomic mass is 35.5. The molecule has 0 aromatic heterocycles. The Morgan fingerprint density at radius 1 is 1.18 bits per heavy atom. The van der Waals surface area contributed by atoms with Crippen LogP contribution in [0.4, 0.5) is 5.69 Å². The summed E-state index contributed by atoms with van der Waals surface area (Å²) in [6, 6.07) is 6.65. The highest BCUT2D eigenvalue weighted by molar-refractivity contribution is 8.02. The number of nitrogens with zero attached hydrogens (tertiary/aromatic N) is 4. The number of piperazine rings is 1. The Morgan fingerprint density at radius 2 is 1.94 bits per heavy atom. The van der Waals surface area contributed by atoms with E-state index in [1.165, 1.54) is 22.6 Å². The number of allylic oxidation sites excluding steroid dienone is 2. The number of fused-ring (bicyclic) bond motifs is 3. The first-order valence-electron chi connectivity index (χ1n) is 12.6. The molecule has 0 amide bonds. The molecule has 3 heterocycles. The van der Waals surface area contributed by atoms with Crippen LogP contribution >= 0.6 is 23.4 Å². The van der Waals surface area contributed by atoms with Crippen LogP contribution in [0.25, 0.3) is 0 Å². The maximum atomic E-state index is 6.61. The van der Waals surface area contributed by atoms with Gasteiger partial charge in [0.05, 0.1) is 17.4 Å². The van der Waals surface area contributed by atoms with Gasteiger partial charge in [-0.3, -0.25) is 9.89 Å². The summed E-state index contributed by atoms with van der Waals surface area (Å²) in [5.41, 5.74) is 5.18. The first-order chi connectivity index (χ1) is 16.4. The molecule has 3 aliphatic rings. The summed E-state index contributed by atoms with van der Waals surface area (Å²) in [4.78, 5) is 12.8. The van der Waals surface area contributed by atoms with E-state index >= 15 is 0 Å². The summed E-state index contributed by atoms with van der Waals surface area (Å²) in [5.74, 6) is 1.51. The quantitative estimate of drug-likeness (QED) is 0.425. The van der Waals surface area contributed by atoms with Gasteiger partial charge in [0.2, 0.25) is 0 Å². The predicted molar refractivity (Wildman–Crippen MR) is 150 cm³/mol. The average Bonchev–Trinajstić information content (AvgIpc) is 2.96. The Labute approximate surface area is 215 Å². The van der Waals surface area contributed by atoms with Crippen molar-refractivity contribution in [2.75, 3.05) is 38.1 Å². The molecule has 0 spiro atoms. The van der Waals surface area contributed by atoms with Crippen LogP contribution in [0.1, 0.15) is 57.9 Å². The van der Waals surface area contributed by atoms with Gasteiger partial charge in [0.1, 0.15) is 0 Å². The maximum absolute atomic E-state index is 6.61. The van der Waals surface area contributed by atoms with Crippen molar-refractivity contribution >= 4 is 34.9 Å². The molecule has 34 heavy (non-hydrogen) atoms. The van der Waals surface area contributed by atoms with E-state index < -0.39 is 0 Å². The van der Waals surface area contributed by atoms with Gasteiger partial charge in [-0.25, -0.2) is 0 Å². The first kappa shape index (κ1) is 25.4. The minimum Gasteiger partial charge on any atom is -0.366 e. The fraction of sp³-hybridized carbons (Fsp3) is 0.536. The first-order valence-corrected chi connectivity index (χ1v) is 14.0. The van der Waals surface area contributed by atoms with Gasteiger partial charge in [0, 0.05) is 42.1 Å². The normalized spacial score (nSPS) is 24.6. The topological polar surface area (TPSA) is 22.1 Å². The van der Waals surface area contributed by atoms with Gasteiger partial charge in [-0.2, -0.15) is 0 Å². The Hall–Kier alpha value is -1.69. The second-order valence-electron chi connectivity index (χ2n) is 9.94. The van der Waals surface area contributed by atoms with Crippen molar-refractivity contribution in [1.29, 1.82) is 0 Å². The standard InChI is InChI=1S/C28H39ClN4S/c1-6-34-22(4)9-12-24-11-8-21(3)30-28-26(32-17-15-31(5)16-18-32)14-7-20(2)25-13-10-23(29)19-27(25)33(24)28/h6,10-11,13-14,19-22H,1,7-9,12,15-18H2,2-5H3. The Bertz CT molecular complexity index is 977. The molecule has 3 atom stereocenters. The summed E-state index contributed by atoms with van der Waals surface area (Å²) in [5, 5.41) is 3.27. The Morgan fingerprint density at radius 3 is 2.68 bits per heavy atom. The third kappa shape index (κ3) is 5.75. The number of anilines is 1. The molecule has 1 aromatic carbocycles. The molecular formula is C28H39ClN4S. The lowest BCUT2D eigenvalue weighted by molar-refractivity contribution is 0.191. The van der Waals surface area contributed by atoms with E-state index in [4.69, 9.17) is 16.6 Å². The van der Waals surface area contributed by atoms with Crippen LogP contribution in [0.15, 0.2) is 58.7 Å². The number of hydrogen-bond acceptors (Lipinski definition) is 5. The monoisotopic (exact) mass is 498 g/mol. The van der Waals surface area contributed by atoms with Crippen LogP contribution in [0.2, 0.25) is 5.02 Å². The summed E-state index contributed by atoms with van der Waals surface area (Å²) in [6.45, 7) is 15.0. The summed E-state index contributed by atoms with van der Waals surface area (Å²) >= 11 is 8.42. The number of amidine groups is 1. The molecule has 4 rings (SSSR count). The van der Waals surface area contributed by atoms with Crippen molar-refractivity contribution in [2.24, 2.45) is 4.99 Å². The molecule has 184 valence electrons. The second-order valence-corrected chi connectivity index (χ2v) is 11.8. The molecule has 0 radical (unpaired) electrons. The van der Waals surface area contributed by atoms with Crippen LogP contribution in [0.5, 0.6) is 0 Å². The molecule has 1 saturated heterocycles. The molecule has 3 aliphatic heterocycles. The van der Waals surface area contributed by atoms with Gasteiger partial charge < -0.3 is 9.80 Å². The average molecular weight is 499 g/mol. The highest BCUT2D eigenvalue weighted by Crippen LogP contribution is 2.40. The van der Waals surface area contributed by atoms with E-state index in [1.807, 2.05) is 23.2 Å². The van der Waals surface area contributed by atoms with Gasteiger partial charge in [0.25, 0.3) is 0 Å². The molecule has 0 aliphatic carbocycles. The van der Waals surface area contributed by atoms with Gasteiger partial charge >= 0.3 is 0 Å². The van der Waals surface area contributed by atoms with E-state index in [0.29, 0.717) is 11.2 Å². The maximum Gasteiger partial charge on any atom is 0.156 e. The van der Waals surface area contributed by atoms with Gasteiger partial charge in [-0.05, 0) is 68.7 Å². The molecule has 0 N–H and O–H groups in total. The predicted octanol–water partition coefficient (Wildman–Crippen LogP) is 6.90. The molecule has 1 aromatic rings. The summed E-state index contributed by atoms with van der Waals surface area (Å²) < 4.78 is 0. The number of aliphatic imine (C=N–C) groups is 1. The zero-order valence-electron chi connectivity index (χ0n) is 21.1. The summed E-state index contributed by atoms with van der Waals surface area (Å²) in [7, 11) is 2.21. The molecule has 0 saturated carbocycles. The van der Waals surface area contributed by atoms with E-state index in [-0.39, 0.29) is 6.04 Å². The van der Waals surface area contributed by atoms with Crippen LogP contribution in [-0.2, 0) is 0 Å². The number of halogens is 1. The number of benzene rings is 1. The Kier molecular flexibility index (Phi) is 8.49. The molecule has 6 heteroatoms. The van der Waals surface area contributed by atoms with Crippen molar-refractivity contribution in [1.82, 2.24) is 9.80 Å². The Balaban J connectivity index is 1.81.